The summed E-state index contributed by atoms with van der Waals surface area (Å²) in [5, 5.41) is 5.83. The Morgan fingerprint density at radius 2 is 2.37 bits per heavy atom. The highest BCUT2D eigenvalue weighted by atomic mass is 127. The molecule has 104 valence electrons. The van der Waals surface area contributed by atoms with Crippen molar-refractivity contribution in [1.29, 1.82) is 0 Å². The van der Waals surface area contributed by atoms with Crippen LogP contribution in [0, 0.1) is 3.57 Å². The van der Waals surface area contributed by atoms with Crippen LogP contribution in [0.4, 0.5) is 10.5 Å². The van der Waals surface area contributed by atoms with Gasteiger partial charge in [0.15, 0.2) is 0 Å². The first kappa shape index (κ1) is 14.6. The van der Waals surface area contributed by atoms with E-state index in [0.29, 0.717) is 6.04 Å². The molecule has 5 heteroatoms. The Morgan fingerprint density at radius 3 is 3.11 bits per heavy atom. The van der Waals surface area contributed by atoms with Crippen LogP contribution in [-0.2, 0) is 0 Å². The van der Waals surface area contributed by atoms with Crippen molar-refractivity contribution in [2.24, 2.45) is 0 Å². The minimum absolute atomic E-state index is 0.120. The standard InChI is InChI=1S/C14H20IN3O/c1-2-18-8-4-7-13(18)10-16-14(19)17-12-6-3-5-11(15)9-12/h3,5-6,9,13H,2,4,7-8,10H2,1H3,(H2,16,17,19). The summed E-state index contributed by atoms with van der Waals surface area (Å²) in [4.78, 5) is 14.3. The molecular formula is C14H20IN3O. The van der Waals surface area contributed by atoms with Crippen molar-refractivity contribution in [2.75, 3.05) is 25.0 Å². The number of hydrogen-bond acceptors (Lipinski definition) is 2. The van der Waals surface area contributed by atoms with E-state index in [4.69, 9.17) is 0 Å². The summed E-state index contributed by atoms with van der Waals surface area (Å²) in [6.07, 6.45) is 2.41. The number of benzene rings is 1. The Labute approximate surface area is 128 Å². The van der Waals surface area contributed by atoms with E-state index in [0.717, 1.165) is 28.9 Å². The van der Waals surface area contributed by atoms with Crippen LogP contribution in [0.15, 0.2) is 24.3 Å². The van der Waals surface area contributed by atoms with Crippen molar-refractivity contribution >= 4 is 34.3 Å². The minimum Gasteiger partial charge on any atom is -0.336 e. The Bertz CT molecular complexity index is 438. The van der Waals surface area contributed by atoms with E-state index in [2.05, 4.69) is 45.0 Å². The topological polar surface area (TPSA) is 44.4 Å². The molecule has 0 aromatic heterocycles. The highest BCUT2D eigenvalue weighted by Crippen LogP contribution is 2.16. The lowest BCUT2D eigenvalue weighted by Crippen LogP contribution is -2.41. The lowest BCUT2D eigenvalue weighted by atomic mass is 10.2. The summed E-state index contributed by atoms with van der Waals surface area (Å²) in [6, 6.07) is 8.16. The quantitative estimate of drug-likeness (QED) is 0.798. The number of urea groups is 1. The van der Waals surface area contributed by atoms with Crippen LogP contribution in [0.3, 0.4) is 0 Å². The second-order valence-electron chi connectivity index (χ2n) is 4.77. The van der Waals surface area contributed by atoms with Gasteiger partial charge in [-0.1, -0.05) is 13.0 Å². The summed E-state index contributed by atoms with van der Waals surface area (Å²) in [5.74, 6) is 0. The van der Waals surface area contributed by atoms with Gasteiger partial charge in [0.25, 0.3) is 0 Å². The van der Waals surface area contributed by atoms with Gasteiger partial charge < -0.3 is 10.6 Å². The maximum Gasteiger partial charge on any atom is 0.319 e. The molecule has 1 atom stereocenters. The van der Waals surface area contributed by atoms with Gasteiger partial charge in [0.1, 0.15) is 0 Å². The molecule has 2 N–H and O–H groups in total. The molecule has 1 heterocycles. The molecule has 1 saturated heterocycles. The Balaban J connectivity index is 1.78. The van der Waals surface area contributed by atoms with E-state index in [1.165, 1.54) is 12.8 Å². The number of likely N-dealkylation sites (tertiary alicyclic amines) is 1. The van der Waals surface area contributed by atoms with Gasteiger partial charge >= 0.3 is 6.03 Å². The van der Waals surface area contributed by atoms with Gasteiger partial charge in [-0.15, -0.1) is 0 Å². The number of anilines is 1. The predicted molar refractivity (Wildman–Crippen MR) is 86.4 cm³/mol. The molecule has 1 aliphatic rings. The third-order valence-electron chi connectivity index (χ3n) is 3.49. The number of amides is 2. The Morgan fingerprint density at radius 1 is 1.53 bits per heavy atom. The molecule has 0 aliphatic carbocycles. The van der Waals surface area contributed by atoms with Gasteiger partial charge in [-0.2, -0.15) is 0 Å². The minimum atomic E-state index is -0.120. The molecule has 1 aromatic carbocycles. The maximum atomic E-state index is 11.8. The smallest absolute Gasteiger partial charge is 0.319 e. The third-order valence-corrected chi connectivity index (χ3v) is 4.16. The van der Waals surface area contributed by atoms with Crippen molar-refractivity contribution < 1.29 is 4.79 Å². The number of likely N-dealkylation sites (N-methyl/N-ethyl adjacent to an activating group) is 1. The largest absolute Gasteiger partial charge is 0.336 e. The molecule has 0 spiro atoms. The molecular weight excluding hydrogens is 353 g/mol. The zero-order valence-electron chi connectivity index (χ0n) is 11.2. The average molecular weight is 373 g/mol. The molecule has 1 unspecified atom stereocenters. The predicted octanol–water partition coefficient (Wildman–Crippen LogP) is 2.90. The van der Waals surface area contributed by atoms with Crippen LogP contribution in [0.2, 0.25) is 0 Å². The van der Waals surface area contributed by atoms with Gasteiger partial charge in [-0.3, -0.25) is 4.90 Å². The molecule has 0 bridgehead atoms. The lowest BCUT2D eigenvalue weighted by molar-refractivity contribution is 0.238. The van der Waals surface area contributed by atoms with Gasteiger partial charge in [0.2, 0.25) is 0 Å². The zero-order chi connectivity index (χ0) is 13.7. The first-order valence-electron chi connectivity index (χ1n) is 6.73. The van der Waals surface area contributed by atoms with Crippen molar-refractivity contribution in [1.82, 2.24) is 10.2 Å². The number of nitrogens with one attached hydrogen (secondary N) is 2. The van der Waals surface area contributed by atoms with Crippen LogP contribution in [0.25, 0.3) is 0 Å². The lowest BCUT2D eigenvalue weighted by Gasteiger charge is -2.22. The number of carbonyl (C=O) groups is 1. The highest BCUT2D eigenvalue weighted by Gasteiger charge is 2.22. The number of nitrogens with zero attached hydrogens (tertiary/aromatic N) is 1. The van der Waals surface area contributed by atoms with Gasteiger partial charge in [0.05, 0.1) is 0 Å². The number of halogens is 1. The van der Waals surface area contributed by atoms with E-state index in [9.17, 15) is 4.79 Å². The fraction of sp³-hybridized carbons (Fsp3) is 0.500. The second-order valence-corrected chi connectivity index (χ2v) is 6.02. The molecule has 2 rings (SSSR count). The average Bonchev–Trinajstić information content (AvgIpc) is 2.83. The van der Waals surface area contributed by atoms with E-state index >= 15 is 0 Å². The monoisotopic (exact) mass is 373 g/mol. The molecule has 0 radical (unpaired) electrons. The van der Waals surface area contributed by atoms with Gasteiger partial charge in [0, 0.05) is 21.8 Å². The number of rotatable bonds is 4. The van der Waals surface area contributed by atoms with Crippen molar-refractivity contribution in [3.8, 4) is 0 Å². The SMILES string of the molecule is CCN1CCCC1CNC(=O)Nc1cccc(I)c1. The van der Waals surface area contributed by atoms with E-state index < -0.39 is 0 Å². The summed E-state index contributed by atoms with van der Waals surface area (Å²) in [7, 11) is 0. The molecule has 1 aliphatic heterocycles. The number of carbonyl (C=O) groups excluding carboxylic acids is 1. The second kappa shape index (κ2) is 7.09. The third kappa shape index (κ3) is 4.35. The summed E-state index contributed by atoms with van der Waals surface area (Å²) in [6.45, 7) is 5.11. The van der Waals surface area contributed by atoms with E-state index in [-0.39, 0.29) is 6.03 Å². The molecule has 1 fully saturated rings. The Kier molecular flexibility index (Phi) is 5.45. The van der Waals surface area contributed by atoms with Gasteiger partial charge in [-0.25, -0.2) is 4.79 Å². The fourth-order valence-corrected chi connectivity index (χ4v) is 3.04. The maximum absolute atomic E-state index is 11.8. The van der Waals surface area contributed by atoms with Crippen molar-refractivity contribution in [2.45, 2.75) is 25.8 Å². The van der Waals surface area contributed by atoms with Crippen LogP contribution in [0.5, 0.6) is 0 Å². The highest BCUT2D eigenvalue weighted by molar-refractivity contribution is 14.1. The molecule has 1 aromatic rings. The van der Waals surface area contributed by atoms with E-state index in [1.807, 2.05) is 24.3 Å². The van der Waals surface area contributed by atoms with Crippen LogP contribution in [0.1, 0.15) is 19.8 Å². The first-order chi connectivity index (χ1) is 9.19. The normalized spacial score (nSPS) is 19.4. The first-order valence-corrected chi connectivity index (χ1v) is 7.81. The molecule has 19 heavy (non-hydrogen) atoms. The van der Waals surface area contributed by atoms with Crippen LogP contribution in [-0.4, -0.2) is 36.6 Å². The van der Waals surface area contributed by atoms with Crippen LogP contribution >= 0.6 is 22.6 Å². The molecule has 2 amide bonds. The van der Waals surface area contributed by atoms with Gasteiger partial charge in [-0.05, 0) is 66.7 Å². The number of hydrogen-bond donors (Lipinski definition) is 2. The molecule has 4 nitrogen and oxygen atoms in total. The van der Waals surface area contributed by atoms with Crippen molar-refractivity contribution in [3.63, 3.8) is 0 Å². The zero-order valence-corrected chi connectivity index (χ0v) is 13.3. The Hall–Kier alpha value is -0.820. The molecule has 0 saturated carbocycles. The fourth-order valence-electron chi connectivity index (χ4n) is 2.49. The van der Waals surface area contributed by atoms with E-state index in [1.54, 1.807) is 0 Å². The summed E-state index contributed by atoms with van der Waals surface area (Å²) < 4.78 is 1.11. The summed E-state index contributed by atoms with van der Waals surface area (Å²) in [5.41, 5.74) is 0.836. The van der Waals surface area contributed by atoms with Crippen LogP contribution < -0.4 is 10.6 Å². The van der Waals surface area contributed by atoms with Crippen molar-refractivity contribution in [3.05, 3.63) is 27.8 Å². The summed E-state index contributed by atoms with van der Waals surface area (Å²) >= 11 is 2.23.